The highest BCUT2D eigenvalue weighted by Gasteiger charge is 2.10. The van der Waals surface area contributed by atoms with Crippen LogP contribution in [-0.4, -0.2) is 17.8 Å². The molecular formula is C15H17BrN2S. The van der Waals surface area contributed by atoms with Gasteiger partial charge in [-0.05, 0) is 43.8 Å². The van der Waals surface area contributed by atoms with Crippen LogP contribution in [0.15, 0.2) is 52.0 Å². The molecule has 0 spiro atoms. The fourth-order valence-electron chi connectivity index (χ4n) is 1.77. The molecule has 0 aliphatic heterocycles. The monoisotopic (exact) mass is 336 g/mol. The molecule has 0 radical (unpaired) electrons. The van der Waals surface area contributed by atoms with Crippen molar-refractivity contribution in [2.75, 3.05) is 12.8 Å². The van der Waals surface area contributed by atoms with Gasteiger partial charge < -0.3 is 5.32 Å². The van der Waals surface area contributed by atoms with Crippen molar-refractivity contribution in [3.05, 3.63) is 58.3 Å². The molecule has 2 nitrogen and oxygen atoms in total. The molecule has 4 heteroatoms. The Morgan fingerprint density at radius 3 is 2.79 bits per heavy atom. The topological polar surface area (TPSA) is 24.9 Å². The molecule has 100 valence electrons. The van der Waals surface area contributed by atoms with E-state index in [1.807, 2.05) is 38.0 Å². The van der Waals surface area contributed by atoms with Crippen LogP contribution < -0.4 is 5.32 Å². The van der Waals surface area contributed by atoms with Crippen LogP contribution in [0.3, 0.4) is 0 Å². The van der Waals surface area contributed by atoms with E-state index in [2.05, 4.69) is 56.6 Å². The van der Waals surface area contributed by atoms with Crippen LogP contribution in [-0.2, 0) is 0 Å². The van der Waals surface area contributed by atoms with E-state index in [4.69, 9.17) is 0 Å². The lowest BCUT2D eigenvalue weighted by Gasteiger charge is -2.16. The summed E-state index contributed by atoms with van der Waals surface area (Å²) in [6.07, 6.45) is 1.96. The summed E-state index contributed by atoms with van der Waals surface area (Å²) in [5.74, 6) is 0.984. The molecule has 1 heterocycles. The summed E-state index contributed by atoms with van der Waals surface area (Å²) in [5.41, 5.74) is 2.29. The van der Waals surface area contributed by atoms with Gasteiger partial charge in [0.05, 0.1) is 0 Å². The summed E-state index contributed by atoms with van der Waals surface area (Å²) in [4.78, 5) is 5.63. The third-order valence-corrected chi connectivity index (χ3v) is 4.48. The summed E-state index contributed by atoms with van der Waals surface area (Å²) >= 11 is 5.35. The molecule has 1 aromatic carbocycles. The number of hydrogen-bond acceptors (Lipinski definition) is 3. The average Bonchev–Trinajstić information content (AvgIpc) is 2.41. The molecule has 0 bridgehead atoms. The molecule has 1 unspecified atom stereocenters. The lowest BCUT2D eigenvalue weighted by molar-refractivity contribution is 0.658. The zero-order valence-corrected chi connectivity index (χ0v) is 13.5. The van der Waals surface area contributed by atoms with E-state index >= 15 is 0 Å². The van der Waals surface area contributed by atoms with Crippen molar-refractivity contribution >= 4 is 27.7 Å². The number of aryl methyl sites for hydroxylation is 1. The van der Waals surface area contributed by atoms with Gasteiger partial charge in [-0.1, -0.05) is 28.1 Å². The molecule has 0 fully saturated rings. The fraction of sp³-hybridized carbons (Fsp3) is 0.267. The van der Waals surface area contributed by atoms with Gasteiger partial charge in [-0.2, -0.15) is 0 Å². The Hall–Kier alpha value is -0.840. The van der Waals surface area contributed by atoms with Crippen LogP contribution in [0.25, 0.3) is 0 Å². The highest BCUT2D eigenvalue weighted by Crippen LogP contribution is 2.26. The molecular weight excluding hydrogens is 320 g/mol. The van der Waals surface area contributed by atoms with Gasteiger partial charge in [-0.25, -0.2) is 0 Å². The summed E-state index contributed by atoms with van der Waals surface area (Å²) < 4.78 is 1.12. The molecule has 19 heavy (non-hydrogen) atoms. The lowest BCUT2D eigenvalue weighted by Crippen LogP contribution is -2.18. The van der Waals surface area contributed by atoms with Gasteiger partial charge in [0.1, 0.15) is 0 Å². The van der Waals surface area contributed by atoms with Crippen molar-refractivity contribution < 1.29 is 0 Å². The second-order valence-electron chi connectivity index (χ2n) is 4.34. The Morgan fingerprint density at radius 1 is 1.32 bits per heavy atom. The van der Waals surface area contributed by atoms with Gasteiger partial charge in [-0.3, -0.25) is 4.98 Å². The number of aromatic nitrogens is 1. The zero-order valence-electron chi connectivity index (χ0n) is 11.1. The normalized spacial score (nSPS) is 12.4. The van der Waals surface area contributed by atoms with Gasteiger partial charge in [-0.15, -0.1) is 11.8 Å². The van der Waals surface area contributed by atoms with Crippen LogP contribution in [0.5, 0.6) is 0 Å². The fourth-order valence-corrected chi connectivity index (χ4v) is 3.42. The van der Waals surface area contributed by atoms with E-state index in [0.29, 0.717) is 6.04 Å². The average molecular weight is 337 g/mol. The minimum Gasteiger partial charge on any atom is -0.312 e. The molecule has 0 saturated heterocycles. The maximum Gasteiger partial charge on any atom is 0.0428 e. The van der Waals surface area contributed by atoms with Crippen molar-refractivity contribution in [1.82, 2.24) is 10.3 Å². The van der Waals surface area contributed by atoms with Crippen molar-refractivity contribution in [3.63, 3.8) is 0 Å². The van der Waals surface area contributed by atoms with Crippen molar-refractivity contribution in [1.29, 1.82) is 0 Å². The predicted octanol–water partition coefficient (Wildman–Crippen LogP) is 4.21. The maximum atomic E-state index is 4.36. The van der Waals surface area contributed by atoms with Crippen LogP contribution in [0.4, 0.5) is 0 Å². The first-order valence-electron chi connectivity index (χ1n) is 6.17. The smallest absolute Gasteiger partial charge is 0.0428 e. The summed E-state index contributed by atoms with van der Waals surface area (Å²) in [6.45, 7) is 2.01. The Bertz CT molecular complexity index is 528. The molecule has 0 aliphatic rings. The van der Waals surface area contributed by atoms with E-state index < -0.39 is 0 Å². The minimum absolute atomic E-state index is 0.317. The van der Waals surface area contributed by atoms with Gasteiger partial charge in [0, 0.05) is 33.1 Å². The van der Waals surface area contributed by atoms with Crippen LogP contribution in [0, 0.1) is 6.92 Å². The largest absolute Gasteiger partial charge is 0.312 e. The van der Waals surface area contributed by atoms with Crippen molar-refractivity contribution in [3.8, 4) is 0 Å². The number of benzene rings is 1. The second kappa shape index (κ2) is 7.08. The quantitative estimate of drug-likeness (QED) is 0.828. The number of halogens is 1. The van der Waals surface area contributed by atoms with E-state index in [9.17, 15) is 0 Å². The maximum absolute atomic E-state index is 4.36. The van der Waals surface area contributed by atoms with Crippen LogP contribution >= 0.6 is 27.7 Å². The molecule has 1 atom stereocenters. The second-order valence-corrected chi connectivity index (χ2v) is 6.35. The number of rotatable bonds is 5. The van der Waals surface area contributed by atoms with Crippen LogP contribution in [0.1, 0.15) is 17.3 Å². The number of nitrogens with zero attached hydrogens (tertiary/aromatic N) is 1. The number of hydrogen-bond donors (Lipinski definition) is 1. The first-order chi connectivity index (χ1) is 9.19. The lowest BCUT2D eigenvalue weighted by atomic mass is 10.1. The summed E-state index contributed by atoms with van der Waals surface area (Å²) in [7, 11) is 1.99. The van der Waals surface area contributed by atoms with Crippen LogP contribution in [0.2, 0.25) is 0 Å². The first kappa shape index (κ1) is 14.6. The van der Waals surface area contributed by atoms with Crippen molar-refractivity contribution in [2.24, 2.45) is 0 Å². The molecule has 2 rings (SSSR count). The molecule has 0 saturated carbocycles. The number of nitrogens with one attached hydrogen (secondary N) is 1. The molecule has 1 aromatic heterocycles. The van der Waals surface area contributed by atoms with Gasteiger partial charge >= 0.3 is 0 Å². The van der Waals surface area contributed by atoms with E-state index in [1.54, 1.807) is 0 Å². The Labute approximate surface area is 127 Å². The van der Waals surface area contributed by atoms with E-state index in [0.717, 1.165) is 15.9 Å². The minimum atomic E-state index is 0.317. The van der Waals surface area contributed by atoms with Gasteiger partial charge in [0.25, 0.3) is 0 Å². The summed E-state index contributed by atoms with van der Waals surface area (Å²) in [6, 6.07) is 12.9. The highest BCUT2D eigenvalue weighted by atomic mass is 79.9. The molecule has 1 N–H and O–H groups in total. The Kier molecular flexibility index (Phi) is 5.43. The highest BCUT2D eigenvalue weighted by molar-refractivity contribution is 9.10. The first-order valence-corrected chi connectivity index (χ1v) is 7.95. The Balaban J connectivity index is 2.01. The van der Waals surface area contributed by atoms with E-state index in [1.165, 1.54) is 10.5 Å². The number of thioether (sulfide) groups is 1. The zero-order chi connectivity index (χ0) is 13.7. The van der Waals surface area contributed by atoms with Gasteiger partial charge in [0.2, 0.25) is 0 Å². The predicted molar refractivity (Wildman–Crippen MR) is 85.6 cm³/mol. The standard InChI is InChI=1S/C15H17BrN2S/c1-11-6-7-12(9-18-11)15(17-2)10-19-14-5-3-4-13(16)8-14/h3-9,15,17H,10H2,1-2H3. The Morgan fingerprint density at radius 2 is 2.16 bits per heavy atom. The SMILES string of the molecule is CNC(CSc1cccc(Br)c1)c1ccc(C)nc1. The van der Waals surface area contributed by atoms with Crippen molar-refractivity contribution in [2.45, 2.75) is 17.9 Å². The molecule has 2 aromatic rings. The third kappa shape index (κ3) is 4.34. The molecule has 0 aliphatic carbocycles. The third-order valence-electron chi connectivity index (χ3n) is 2.90. The van der Waals surface area contributed by atoms with E-state index in [-0.39, 0.29) is 0 Å². The van der Waals surface area contributed by atoms with Gasteiger partial charge in [0.15, 0.2) is 0 Å². The number of pyridine rings is 1. The molecule has 0 amide bonds. The summed E-state index contributed by atoms with van der Waals surface area (Å²) in [5, 5.41) is 3.35.